The molecule has 0 aromatic rings. The van der Waals surface area contributed by atoms with Gasteiger partial charge >= 0.3 is 0 Å². The first-order valence-corrected chi connectivity index (χ1v) is 9.10. The average molecular weight is 443 g/mol. The van der Waals surface area contributed by atoms with E-state index in [2.05, 4.69) is 52.6 Å². The highest BCUT2D eigenvalue weighted by Crippen LogP contribution is 2.19. The van der Waals surface area contributed by atoms with E-state index in [0.29, 0.717) is 0 Å². The second-order valence-electron chi connectivity index (χ2n) is 6.31. The minimum absolute atomic E-state index is 0. The average Bonchev–Trinajstić information content (AvgIpc) is 2.67. The predicted octanol–water partition coefficient (Wildman–Crippen LogP) is 1.55. The molecular formula is C15H34IN5S. The van der Waals surface area contributed by atoms with Gasteiger partial charge in [0.2, 0.25) is 0 Å². The Kier molecular flexibility index (Phi) is 11.9. The molecule has 0 unspecified atom stereocenters. The molecule has 0 atom stereocenters. The molecule has 0 radical (unpaired) electrons. The highest BCUT2D eigenvalue weighted by atomic mass is 127. The monoisotopic (exact) mass is 443 g/mol. The lowest BCUT2D eigenvalue weighted by Crippen LogP contribution is -2.45. The summed E-state index contributed by atoms with van der Waals surface area (Å²) in [5.74, 6) is 0.907. The molecule has 7 heteroatoms. The van der Waals surface area contributed by atoms with Gasteiger partial charge in [-0.2, -0.15) is 11.8 Å². The predicted molar refractivity (Wildman–Crippen MR) is 111 cm³/mol. The van der Waals surface area contributed by atoms with Crippen molar-refractivity contribution in [3.05, 3.63) is 0 Å². The van der Waals surface area contributed by atoms with Gasteiger partial charge in [0.25, 0.3) is 0 Å². The van der Waals surface area contributed by atoms with Crippen molar-refractivity contribution in [2.24, 2.45) is 4.99 Å². The topological polar surface area (TPSA) is 42.9 Å². The smallest absolute Gasteiger partial charge is 0.191 e. The number of hydrogen-bond donors (Lipinski definition) is 2. The summed E-state index contributed by atoms with van der Waals surface area (Å²) in [5.41, 5.74) is 0. The number of hydrogen-bond acceptors (Lipinski definition) is 4. The van der Waals surface area contributed by atoms with Crippen LogP contribution >= 0.6 is 35.7 Å². The zero-order chi connectivity index (χ0) is 15.7. The molecule has 0 spiro atoms. The van der Waals surface area contributed by atoms with Crippen LogP contribution in [-0.4, -0.2) is 86.7 Å². The maximum atomic E-state index is 4.30. The van der Waals surface area contributed by atoms with E-state index in [1.54, 1.807) is 0 Å². The third-order valence-electron chi connectivity index (χ3n) is 3.99. The molecule has 132 valence electrons. The summed E-state index contributed by atoms with van der Waals surface area (Å²) in [5, 5.41) is 6.83. The molecule has 1 heterocycles. The van der Waals surface area contributed by atoms with Gasteiger partial charge in [-0.25, -0.2) is 0 Å². The molecule has 1 aliphatic heterocycles. The Morgan fingerprint density at radius 1 is 1.18 bits per heavy atom. The molecule has 0 aromatic carbocycles. The summed E-state index contributed by atoms with van der Waals surface area (Å²) < 4.78 is 0.229. The third kappa shape index (κ3) is 9.42. The van der Waals surface area contributed by atoms with Crippen molar-refractivity contribution in [1.29, 1.82) is 0 Å². The van der Waals surface area contributed by atoms with Crippen molar-refractivity contribution in [3.63, 3.8) is 0 Å². The van der Waals surface area contributed by atoms with Crippen LogP contribution in [0.5, 0.6) is 0 Å². The summed E-state index contributed by atoms with van der Waals surface area (Å²) in [7, 11) is 4.04. The molecule has 1 saturated heterocycles. The lowest BCUT2D eigenvalue weighted by molar-refractivity contribution is 0.280. The van der Waals surface area contributed by atoms with Crippen molar-refractivity contribution < 1.29 is 0 Å². The SMILES string of the molecule is CN=C(NCCN1CCCN(C)CC1)NCC(C)(C)SC.I. The zero-order valence-electron chi connectivity index (χ0n) is 14.8. The standard InChI is InChI=1S/C15H33N5S.HI/c1-15(2,21-5)13-18-14(16-3)17-7-10-20-9-6-8-19(4)11-12-20;/h6-13H2,1-5H3,(H2,16,17,18);1H. The summed E-state index contributed by atoms with van der Waals surface area (Å²) >= 11 is 1.87. The van der Waals surface area contributed by atoms with E-state index in [0.717, 1.165) is 25.6 Å². The molecule has 22 heavy (non-hydrogen) atoms. The molecular weight excluding hydrogens is 409 g/mol. The molecule has 0 aromatic heterocycles. The molecule has 5 nitrogen and oxygen atoms in total. The van der Waals surface area contributed by atoms with Gasteiger partial charge in [0.05, 0.1) is 0 Å². The quantitative estimate of drug-likeness (QED) is 0.371. The van der Waals surface area contributed by atoms with Crippen molar-refractivity contribution in [1.82, 2.24) is 20.4 Å². The van der Waals surface area contributed by atoms with Crippen LogP contribution < -0.4 is 10.6 Å². The first-order valence-electron chi connectivity index (χ1n) is 7.87. The largest absolute Gasteiger partial charge is 0.355 e. The maximum absolute atomic E-state index is 4.30. The Bertz CT molecular complexity index is 325. The summed E-state index contributed by atoms with van der Waals surface area (Å²) in [6, 6.07) is 0. The lowest BCUT2D eigenvalue weighted by atomic mass is 10.2. The molecule has 1 fully saturated rings. The third-order valence-corrected chi connectivity index (χ3v) is 5.24. The number of halogens is 1. The zero-order valence-corrected chi connectivity index (χ0v) is 18.0. The van der Waals surface area contributed by atoms with E-state index in [9.17, 15) is 0 Å². The number of nitrogens with one attached hydrogen (secondary N) is 2. The van der Waals surface area contributed by atoms with E-state index in [4.69, 9.17) is 0 Å². The Morgan fingerprint density at radius 2 is 1.91 bits per heavy atom. The van der Waals surface area contributed by atoms with Crippen LogP contribution in [-0.2, 0) is 0 Å². The van der Waals surface area contributed by atoms with Crippen LogP contribution in [0.3, 0.4) is 0 Å². The van der Waals surface area contributed by atoms with E-state index < -0.39 is 0 Å². The van der Waals surface area contributed by atoms with E-state index in [1.807, 2.05) is 18.8 Å². The highest BCUT2D eigenvalue weighted by molar-refractivity contribution is 14.0. The number of aliphatic imine (C=N–C) groups is 1. The van der Waals surface area contributed by atoms with Gasteiger partial charge in [0.15, 0.2) is 5.96 Å². The molecule has 2 N–H and O–H groups in total. The molecule has 0 bridgehead atoms. The maximum Gasteiger partial charge on any atom is 0.191 e. The minimum atomic E-state index is 0. The normalized spacial score (nSPS) is 18.5. The van der Waals surface area contributed by atoms with Crippen molar-refractivity contribution >= 4 is 41.7 Å². The first-order chi connectivity index (χ1) is 9.96. The van der Waals surface area contributed by atoms with Gasteiger partial charge in [-0.05, 0) is 46.7 Å². The highest BCUT2D eigenvalue weighted by Gasteiger charge is 2.16. The number of nitrogens with zero attached hydrogens (tertiary/aromatic N) is 3. The van der Waals surface area contributed by atoms with Gasteiger partial charge in [0.1, 0.15) is 0 Å². The van der Waals surface area contributed by atoms with Crippen LogP contribution in [0.4, 0.5) is 0 Å². The molecule has 1 aliphatic rings. The Balaban J connectivity index is 0.00000441. The number of thioether (sulfide) groups is 1. The van der Waals surface area contributed by atoms with Crippen LogP contribution in [0.1, 0.15) is 20.3 Å². The van der Waals surface area contributed by atoms with Gasteiger partial charge < -0.3 is 20.4 Å². The number of likely N-dealkylation sites (N-methyl/N-ethyl adjacent to an activating group) is 1. The van der Waals surface area contributed by atoms with Crippen molar-refractivity contribution in [3.8, 4) is 0 Å². The van der Waals surface area contributed by atoms with Crippen LogP contribution in [0.25, 0.3) is 0 Å². The van der Waals surface area contributed by atoms with E-state index in [1.165, 1.54) is 32.6 Å². The molecule has 0 amide bonds. The summed E-state index contributed by atoms with van der Waals surface area (Å²) in [6.07, 6.45) is 3.42. The summed E-state index contributed by atoms with van der Waals surface area (Å²) in [4.78, 5) is 9.25. The second-order valence-corrected chi connectivity index (χ2v) is 7.83. The minimum Gasteiger partial charge on any atom is -0.355 e. The van der Waals surface area contributed by atoms with Gasteiger partial charge in [-0.3, -0.25) is 4.99 Å². The molecule has 0 aliphatic carbocycles. The molecule has 1 rings (SSSR count). The lowest BCUT2D eigenvalue weighted by Gasteiger charge is -2.24. The Morgan fingerprint density at radius 3 is 2.55 bits per heavy atom. The number of guanidine groups is 1. The van der Waals surface area contributed by atoms with Gasteiger partial charge in [-0.15, -0.1) is 24.0 Å². The van der Waals surface area contributed by atoms with E-state index in [-0.39, 0.29) is 28.7 Å². The Labute approximate surface area is 158 Å². The number of rotatable bonds is 6. The van der Waals surface area contributed by atoms with E-state index >= 15 is 0 Å². The van der Waals surface area contributed by atoms with Gasteiger partial charge in [-0.1, -0.05) is 0 Å². The fourth-order valence-corrected chi connectivity index (χ4v) is 2.46. The van der Waals surface area contributed by atoms with Crippen LogP contribution in [0, 0.1) is 0 Å². The second kappa shape index (κ2) is 11.8. The fraction of sp³-hybridized carbons (Fsp3) is 0.933. The molecule has 0 saturated carbocycles. The van der Waals surface area contributed by atoms with Crippen molar-refractivity contribution in [2.45, 2.75) is 25.0 Å². The van der Waals surface area contributed by atoms with Crippen LogP contribution in [0.15, 0.2) is 4.99 Å². The van der Waals surface area contributed by atoms with Gasteiger partial charge in [0, 0.05) is 44.5 Å². The van der Waals surface area contributed by atoms with Crippen LogP contribution in [0.2, 0.25) is 0 Å². The van der Waals surface area contributed by atoms with Crippen molar-refractivity contribution in [2.75, 3.05) is 66.2 Å². The fourth-order valence-electron chi connectivity index (χ4n) is 2.25. The summed E-state index contributed by atoms with van der Waals surface area (Å²) in [6.45, 7) is 12.2. The Hall–Kier alpha value is 0.270. The first kappa shape index (κ1) is 22.3.